The Bertz CT molecular complexity index is 801. The average molecular weight is 328 g/mol. The molecule has 3 heterocycles. The molecule has 1 aromatic carbocycles. The third-order valence-corrected chi connectivity index (χ3v) is 4.07. The lowest BCUT2D eigenvalue weighted by molar-refractivity contribution is 0.117. The third-order valence-electron chi connectivity index (χ3n) is 3.84. The average Bonchev–Trinajstić information content (AvgIpc) is 3.01. The fourth-order valence-electron chi connectivity index (χ4n) is 2.67. The quantitative estimate of drug-likeness (QED) is 0.734. The van der Waals surface area contributed by atoms with Gasteiger partial charge in [0.25, 0.3) is 0 Å². The Morgan fingerprint density at radius 3 is 2.96 bits per heavy atom. The second-order valence-electron chi connectivity index (χ2n) is 5.57. The predicted octanol–water partition coefficient (Wildman–Crippen LogP) is 2.78. The molecule has 0 radical (unpaired) electrons. The zero-order valence-corrected chi connectivity index (χ0v) is 13.0. The fraction of sp³-hybridized carbons (Fsp3) is 0.250. The molecule has 0 saturated carbocycles. The first-order valence-electron chi connectivity index (χ1n) is 7.35. The Hall–Kier alpha value is -2.31. The summed E-state index contributed by atoms with van der Waals surface area (Å²) < 4.78 is 5.36. The number of rotatable bonds is 4. The molecular formula is C16H14ClN5O. The number of halogens is 1. The van der Waals surface area contributed by atoms with E-state index >= 15 is 0 Å². The standard InChI is InChI=1S/C16H14ClN5O/c17-13-3-1-2-11(6-13)8-22-9-12(10-22)16-20-15(21-23-16)14-7-18-4-5-19-14/h1-7,12H,8-10H2. The molecule has 1 fully saturated rings. The van der Waals surface area contributed by atoms with Gasteiger partial charge in [-0.25, -0.2) is 4.98 Å². The van der Waals surface area contributed by atoms with Crippen molar-refractivity contribution in [3.8, 4) is 11.5 Å². The Balaban J connectivity index is 1.38. The molecule has 6 nitrogen and oxygen atoms in total. The highest BCUT2D eigenvalue weighted by atomic mass is 35.5. The van der Waals surface area contributed by atoms with Gasteiger partial charge in [0, 0.05) is 37.1 Å². The van der Waals surface area contributed by atoms with Gasteiger partial charge in [-0.05, 0) is 17.7 Å². The first-order chi connectivity index (χ1) is 11.3. The lowest BCUT2D eigenvalue weighted by Crippen LogP contribution is -2.44. The first kappa shape index (κ1) is 14.3. The van der Waals surface area contributed by atoms with Gasteiger partial charge in [-0.3, -0.25) is 9.88 Å². The molecule has 0 atom stereocenters. The minimum atomic E-state index is 0.270. The highest BCUT2D eigenvalue weighted by Crippen LogP contribution is 2.28. The van der Waals surface area contributed by atoms with Crippen LogP contribution in [0.5, 0.6) is 0 Å². The van der Waals surface area contributed by atoms with Gasteiger partial charge in [-0.15, -0.1) is 0 Å². The van der Waals surface area contributed by atoms with Crippen molar-refractivity contribution < 1.29 is 4.52 Å². The van der Waals surface area contributed by atoms with Crippen LogP contribution in [0.4, 0.5) is 0 Å². The van der Waals surface area contributed by atoms with Crippen molar-refractivity contribution in [2.45, 2.75) is 12.5 Å². The van der Waals surface area contributed by atoms with Crippen LogP contribution in [0.15, 0.2) is 47.4 Å². The Morgan fingerprint density at radius 2 is 2.17 bits per heavy atom. The number of hydrogen-bond acceptors (Lipinski definition) is 6. The van der Waals surface area contributed by atoms with Gasteiger partial charge in [0.2, 0.25) is 11.7 Å². The summed E-state index contributed by atoms with van der Waals surface area (Å²) in [5.41, 5.74) is 1.83. The molecule has 1 aliphatic rings. The molecule has 116 valence electrons. The van der Waals surface area contributed by atoms with Crippen LogP contribution in [-0.2, 0) is 6.54 Å². The molecule has 0 aliphatic carbocycles. The summed E-state index contributed by atoms with van der Waals surface area (Å²) in [7, 11) is 0. The van der Waals surface area contributed by atoms with Crippen molar-refractivity contribution in [2.75, 3.05) is 13.1 Å². The summed E-state index contributed by atoms with van der Waals surface area (Å²) >= 11 is 6.01. The lowest BCUT2D eigenvalue weighted by atomic mass is 9.99. The van der Waals surface area contributed by atoms with E-state index < -0.39 is 0 Å². The van der Waals surface area contributed by atoms with E-state index in [4.69, 9.17) is 16.1 Å². The van der Waals surface area contributed by atoms with E-state index in [1.807, 2.05) is 18.2 Å². The zero-order chi connectivity index (χ0) is 15.6. The van der Waals surface area contributed by atoms with Gasteiger partial charge in [-0.2, -0.15) is 4.98 Å². The van der Waals surface area contributed by atoms with Crippen LogP contribution in [0.1, 0.15) is 17.4 Å². The van der Waals surface area contributed by atoms with E-state index in [0.717, 1.165) is 24.7 Å². The maximum absolute atomic E-state index is 6.01. The molecule has 0 spiro atoms. The van der Waals surface area contributed by atoms with Crippen LogP contribution in [0.3, 0.4) is 0 Å². The van der Waals surface area contributed by atoms with E-state index in [1.165, 1.54) is 5.56 Å². The highest BCUT2D eigenvalue weighted by molar-refractivity contribution is 6.30. The largest absolute Gasteiger partial charge is 0.339 e. The molecule has 7 heteroatoms. The van der Waals surface area contributed by atoms with E-state index in [-0.39, 0.29) is 5.92 Å². The summed E-state index contributed by atoms with van der Waals surface area (Å²) in [6.07, 6.45) is 4.85. The van der Waals surface area contributed by atoms with Crippen molar-refractivity contribution in [1.29, 1.82) is 0 Å². The molecule has 1 saturated heterocycles. The van der Waals surface area contributed by atoms with Crippen molar-refractivity contribution in [2.24, 2.45) is 0 Å². The number of aromatic nitrogens is 4. The van der Waals surface area contributed by atoms with Gasteiger partial charge >= 0.3 is 0 Å². The topological polar surface area (TPSA) is 67.9 Å². The zero-order valence-electron chi connectivity index (χ0n) is 12.3. The van der Waals surface area contributed by atoms with Crippen LogP contribution in [-0.4, -0.2) is 38.1 Å². The number of nitrogens with zero attached hydrogens (tertiary/aromatic N) is 5. The van der Waals surface area contributed by atoms with Crippen LogP contribution in [0.25, 0.3) is 11.5 Å². The van der Waals surface area contributed by atoms with Gasteiger partial charge in [0.05, 0.1) is 12.1 Å². The summed E-state index contributed by atoms with van der Waals surface area (Å²) in [5, 5.41) is 4.75. The van der Waals surface area contributed by atoms with Crippen LogP contribution >= 0.6 is 11.6 Å². The minimum absolute atomic E-state index is 0.270. The molecule has 1 aliphatic heterocycles. The normalized spacial score (nSPS) is 15.5. The molecule has 3 aromatic rings. The highest BCUT2D eigenvalue weighted by Gasteiger charge is 2.32. The summed E-state index contributed by atoms with van der Waals surface area (Å²) in [6.45, 7) is 2.67. The van der Waals surface area contributed by atoms with Gasteiger partial charge in [0.15, 0.2) is 0 Å². The van der Waals surface area contributed by atoms with Crippen LogP contribution in [0.2, 0.25) is 5.02 Å². The lowest BCUT2D eigenvalue weighted by Gasteiger charge is -2.37. The number of benzene rings is 1. The molecule has 0 bridgehead atoms. The van der Waals surface area contributed by atoms with E-state index in [9.17, 15) is 0 Å². The van der Waals surface area contributed by atoms with Crippen molar-refractivity contribution in [3.63, 3.8) is 0 Å². The van der Waals surface area contributed by atoms with Gasteiger partial charge in [0.1, 0.15) is 5.69 Å². The maximum atomic E-state index is 6.01. The van der Waals surface area contributed by atoms with Gasteiger partial charge in [-0.1, -0.05) is 28.9 Å². The smallest absolute Gasteiger partial charge is 0.232 e. The van der Waals surface area contributed by atoms with E-state index in [2.05, 4.69) is 31.1 Å². The number of hydrogen-bond donors (Lipinski definition) is 0. The first-order valence-corrected chi connectivity index (χ1v) is 7.72. The second kappa shape index (κ2) is 6.06. The van der Waals surface area contributed by atoms with Crippen molar-refractivity contribution >= 4 is 11.6 Å². The molecule has 2 aromatic heterocycles. The van der Waals surface area contributed by atoms with E-state index in [0.29, 0.717) is 17.4 Å². The summed E-state index contributed by atoms with van der Waals surface area (Å²) in [5.74, 6) is 1.42. The van der Waals surface area contributed by atoms with Crippen LogP contribution in [0, 0.1) is 0 Å². The SMILES string of the molecule is Clc1cccc(CN2CC(c3nc(-c4cnccn4)no3)C2)c1. The molecule has 23 heavy (non-hydrogen) atoms. The molecule has 0 amide bonds. The maximum Gasteiger partial charge on any atom is 0.232 e. The fourth-order valence-corrected chi connectivity index (χ4v) is 2.88. The minimum Gasteiger partial charge on any atom is -0.339 e. The van der Waals surface area contributed by atoms with Crippen molar-refractivity contribution in [3.05, 3.63) is 59.3 Å². The third kappa shape index (κ3) is 3.09. The summed E-state index contributed by atoms with van der Waals surface area (Å²) in [4.78, 5) is 14.9. The Morgan fingerprint density at radius 1 is 1.26 bits per heavy atom. The number of likely N-dealkylation sites (tertiary alicyclic amines) is 1. The Labute approximate surface area is 138 Å². The molecule has 0 unspecified atom stereocenters. The van der Waals surface area contributed by atoms with Crippen molar-refractivity contribution in [1.82, 2.24) is 25.0 Å². The molecule has 0 N–H and O–H groups in total. The predicted molar refractivity (Wildman–Crippen MR) is 84.8 cm³/mol. The second-order valence-corrected chi connectivity index (χ2v) is 6.00. The Kier molecular flexibility index (Phi) is 3.77. The summed E-state index contributed by atoms with van der Waals surface area (Å²) in [6, 6.07) is 7.93. The molecule has 4 rings (SSSR count). The molecular weight excluding hydrogens is 314 g/mol. The van der Waals surface area contributed by atoms with Gasteiger partial charge < -0.3 is 4.52 Å². The van der Waals surface area contributed by atoms with Crippen LogP contribution < -0.4 is 0 Å². The monoisotopic (exact) mass is 327 g/mol. The van der Waals surface area contributed by atoms with E-state index in [1.54, 1.807) is 18.6 Å².